The van der Waals surface area contributed by atoms with E-state index in [0.29, 0.717) is 0 Å². The van der Waals surface area contributed by atoms with Gasteiger partial charge in [0.05, 0.1) is 6.61 Å². The van der Waals surface area contributed by atoms with Gasteiger partial charge in [-0.2, -0.15) is 0 Å². The van der Waals surface area contributed by atoms with Crippen LogP contribution in [0.2, 0.25) is 0 Å². The number of nitrogens with two attached hydrogens (primary N) is 1. The lowest BCUT2D eigenvalue weighted by atomic mass is 10.1. The number of aliphatic hydroxyl groups is 1. The Labute approximate surface area is 95.9 Å². The highest BCUT2D eigenvalue weighted by molar-refractivity contribution is 8.00. The van der Waals surface area contributed by atoms with Crippen LogP contribution in [0.25, 0.3) is 0 Å². The molecule has 1 aromatic carbocycles. The molecule has 3 heteroatoms. The van der Waals surface area contributed by atoms with E-state index in [1.807, 2.05) is 6.92 Å². The molecule has 2 nitrogen and oxygen atoms in total. The van der Waals surface area contributed by atoms with Gasteiger partial charge in [-0.25, -0.2) is 0 Å². The summed E-state index contributed by atoms with van der Waals surface area (Å²) < 4.78 is 0. The summed E-state index contributed by atoms with van der Waals surface area (Å²) in [7, 11) is 0. The van der Waals surface area contributed by atoms with Crippen molar-refractivity contribution in [1.29, 1.82) is 0 Å². The van der Waals surface area contributed by atoms with Crippen molar-refractivity contribution in [2.75, 3.05) is 6.61 Å². The number of benzene rings is 1. The molecular formula is C12H19NOS. The summed E-state index contributed by atoms with van der Waals surface area (Å²) in [6, 6.07) is 8.42. The van der Waals surface area contributed by atoms with E-state index in [9.17, 15) is 0 Å². The van der Waals surface area contributed by atoms with Crippen molar-refractivity contribution in [3.05, 3.63) is 29.8 Å². The molecule has 0 amide bonds. The SMILES string of the molecule is CCC(N)c1ccc(SC(C)CO)cc1. The molecule has 84 valence electrons. The van der Waals surface area contributed by atoms with Gasteiger partial charge in [0.1, 0.15) is 0 Å². The Hall–Kier alpha value is -0.510. The minimum atomic E-state index is 0.138. The normalized spacial score (nSPS) is 14.9. The third-order valence-corrected chi connectivity index (χ3v) is 3.44. The van der Waals surface area contributed by atoms with Crippen molar-refractivity contribution in [3.63, 3.8) is 0 Å². The predicted molar refractivity (Wildman–Crippen MR) is 66.1 cm³/mol. The molecule has 0 aliphatic carbocycles. The van der Waals surface area contributed by atoms with E-state index in [-0.39, 0.29) is 17.9 Å². The quantitative estimate of drug-likeness (QED) is 0.757. The van der Waals surface area contributed by atoms with Crippen LogP contribution in [0.1, 0.15) is 31.9 Å². The molecule has 0 spiro atoms. The van der Waals surface area contributed by atoms with Crippen LogP contribution in [0.3, 0.4) is 0 Å². The van der Waals surface area contributed by atoms with Crippen LogP contribution in [0.5, 0.6) is 0 Å². The molecule has 0 aromatic heterocycles. The molecule has 0 heterocycles. The third kappa shape index (κ3) is 3.86. The van der Waals surface area contributed by atoms with Crippen LogP contribution in [-0.2, 0) is 0 Å². The van der Waals surface area contributed by atoms with Crippen LogP contribution in [0.4, 0.5) is 0 Å². The largest absolute Gasteiger partial charge is 0.395 e. The molecule has 1 aromatic rings. The van der Waals surface area contributed by atoms with E-state index in [4.69, 9.17) is 10.8 Å². The van der Waals surface area contributed by atoms with Gasteiger partial charge in [0, 0.05) is 16.2 Å². The van der Waals surface area contributed by atoms with Gasteiger partial charge in [-0.3, -0.25) is 0 Å². The van der Waals surface area contributed by atoms with Crippen LogP contribution in [-0.4, -0.2) is 17.0 Å². The zero-order valence-electron chi connectivity index (χ0n) is 9.31. The zero-order chi connectivity index (χ0) is 11.3. The molecule has 0 saturated carbocycles. The molecule has 0 radical (unpaired) electrons. The van der Waals surface area contributed by atoms with Crippen molar-refractivity contribution in [2.45, 2.75) is 36.5 Å². The monoisotopic (exact) mass is 225 g/mol. The van der Waals surface area contributed by atoms with E-state index in [1.54, 1.807) is 11.8 Å². The molecule has 0 aliphatic rings. The average Bonchev–Trinajstić information content (AvgIpc) is 2.29. The second kappa shape index (κ2) is 6.16. The third-order valence-electron chi connectivity index (χ3n) is 2.34. The number of hydrogen-bond donors (Lipinski definition) is 2. The van der Waals surface area contributed by atoms with Crippen LogP contribution in [0, 0.1) is 0 Å². The van der Waals surface area contributed by atoms with Crippen molar-refractivity contribution in [3.8, 4) is 0 Å². The molecule has 0 saturated heterocycles. The molecular weight excluding hydrogens is 206 g/mol. The van der Waals surface area contributed by atoms with Crippen LogP contribution < -0.4 is 5.73 Å². The average molecular weight is 225 g/mol. The molecule has 0 aliphatic heterocycles. The lowest BCUT2D eigenvalue weighted by molar-refractivity contribution is 0.300. The van der Waals surface area contributed by atoms with Gasteiger partial charge in [-0.1, -0.05) is 26.0 Å². The van der Waals surface area contributed by atoms with Crippen molar-refractivity contribution in [1.82, 2.24) is 0 Å². The fraction of sp³-hybridized carbons (Fsp3) is 0.500. The van der Waals surface area contributed by atoms with Crippen LogP contribution in [0.15, 0.2) is 29.2 Å². The summed E-state index contributed by atoms with van der Waals surface area (Å²) in [5.74, 6) is 0. The van der Waals surface area contributed by atoms with Crippen molar-refractivity contribution < 1.29 is 5.11 Å². The van der Waals surface area contributed by atoms with Gasteiger partial charge in [-0.05, 0) is 24.1 Å². The molecule has 15 heavy (non-hydrogen) atoms. The number of rotatable bonds is 5. The van der Waals surface area contributed by atoms with Crippen LogP contribution >= 0.6 is 11.8 Å². The van der Waals surface area contributed by atoms with Crippen molar-refractivity contribution >= 4 is 11.8 Å². The maximum atomic E-state index is 8.94. The number of thioether (sulfide) groups is 1. The number of aliphatic hydroxyl groups excluding tert-OH is 1. The zero-order valence-corrected chi connectivity index (χ0v) is 10.1. The second-order valence-corrected chi connectivity index (χ2v) is 5.21. The fourth-order valence-electron chi connectivity index (χ4n) is 1.30. The molecule has 1 rings (SSSR count). The van der Waals surface area contributed by atoms with Gasteiger partial charge in [0.2, 0.25) is 0 Å². The minimum Gasteiger partial charge on any atom is -0.395 e. The summed E-state index contributed by atoms with van der Waals surface area (Å²) in [4.78, 5) is 1.18. The second-order valence-electron chi connectivity index (χ2n) is 3.69. The smallest absolute Gasteiger partial charge is 0.0550 e. The first-order valence-corrected chi connectivity index (χ1v) is 6.18. The first-order chi connectivity index (χ1) is 7.17. The Morgan fingerprint density at radius 1 is 1.33 bits per heavy atom. The lowest BCUT2D eigenvalue weighted by Gasteiger charge is -2.11. The van der Waals surface area contributed by atoms with Gasteiger partial charge in [0.25, 0.3) is 0 Å². The summed E-state index contributed by atoms with van der Waals surface area (Å²) in [5, 5.41) is 9.18. The van der Waals surface area contributed by atoms with Gasteiger partial charge < -0.3 is 10.8 Å². The minimum absolute atomic E-state index is 0.138. The molecule has 0 bridgehead atoms. The summed E-state index contributed by atoms with van der Waals surface area (Å²) in [6.07, 6.45) is 0.958. The summed E-state index contributed by atoms with van der Waals surface area (Å²) in [6.45, 7) is 4.30. The maximum absolute atomic E-state index is 8.94. The molecule has 3 N–H and O–H groups in total. The highest BCUT2D eigenvalue weighted by Gasteiger charge is 2.05. The van der Waals surface area contributed by atoms with E-state index < -0.39 is 0 Å². The first-order valence-electron chi connectivity index (χ1n) is 5.30. The Morgan fingerprint density at radius 3 is 2.40 bits per heavy atom. The van der Waals surface area contributed by atoms with E-state index in [0.717, 1.165) is 6.42 Å². The summed E-state index contributed by atoms with van der Waals surface area (Å²) in [5.41, 5.74) is 7.10. The molecule has 0 fully saturated rings. The first kappa shape index (κ1) is 12.6. The van der Waals surface area contributed by atoms with Crippen molar-refractivity contribution in [2.24, 2.45) is 5.73 Å². The standard InChI is InChI=1S/C12H19NOS/c1-3-12(13)10-4-6-11(7-5-10)15-9(2)8-14/h4-7,9,12,14H,3,8,13H2,1-2H3. The Balaban J connectivity index is 2.64. The van der Waals surface area contributed by atoms with E-state index >= 15 is 0 Å². The highest BCUT2D eigenvalue weighted by Crippen LogP contribution is 2.24. The predicted octanol–water partition coefficient (Wildman–Crippen LogP) is 2.57. The lowest BCUT2D eigenvalue weighted by Crippen LogP contribution is -2.08. The van der Waals surface area contributed by atoms with Gasteiger partial charge in [0.15, 0.2) is 0 Å². The van der Waals surface area contributed by atoms with E-state index in [1.165, 1.54) is 10.5 Å². The molecule has 2 atom stereocenters. The highest BCUT2D eigenvalue weighted by atomic mass is 32.2. The maximum Gasteiger partial charge on any atom is 0.0550 e. The van der Waals surface area contributed by atoms with Gasteiger partial charge in [-0.15, -0.1) is 11.8 Å². The Kier molecular flexibility index (Phi) is 5.15. The number of hydrogen-bond acceptors (Lipinski definition) is 3. The Morgan fingerprint density at radius 2 is 1.93 bits per heavy atom. The fourth-order valence-corrected chi connectivity index (χ4v) is 2.13. The molecule has 2 unspecified atom stereocenters. The van der Waals surface area contributed by atoms with E-state index in [2.05, 4.69) is 31.2 Å². The topological polar surface area (TPSA) is 46.2 Å². The van der Waals surface area contributed by atoms with Gasteiger partial charge >= 0.3 is 0 Å². The summed E-state index contributed by atoms with van der Waals surface area (Å²) >= 11 is 1.68. The Bertz CT molecular complexity index is 286.